The van der Waals surface area contributed by atoms with E-state index in [9.17, 15) is 24.6 Å². The summed E-state index contributed by atoms with van der Waals surface area (Å²) in [6.45, 7) is 15.5. The highest BCUT2D eigenvalue weighted by atomic mass is 16.3. The Bertz CT molecular complexity index is 2470. The van der Waals surface area contributed by atoms with Gasteiger partial charge in [-0.25, -0.2) is 4.79 Å². The van der Waals surface area contributed by atoms with Gasteiger partial charge in [0.2, 0.25) is 11.8 Å². The number of terminal acetylenes is 1. The summed E-state index contributed by atoms with van der Waals surface area (Å²) < 4.78 is 0. The number of H-pyrrole nitrogens is 1. The second-order valence-corrected chi connectivity index (χ2v) is 21.1. The van der Waals surface area contributed by atoms with Gasteiger partial charge in [-0.3, -0.25) is 19.4 Å². The van der Waals surface area contributed by atoms with Gasteiger partial charge in [-0.05, 0) is 111 Å². The molecule has 4 atom stereocenters. The van der Waals surface area contributed by atoms with Crippen molar-refractivity contribution >= 4 is 28.9 Å². The van der Waals surface area contributed by atoms with Crippen molar-refractivity contribution in [3.05, 3.63) is 77.0 Å². The first-order valence-corrected chi connectivity index (χ1v) is 25.0. The predicted molar refractivity (Wildman–Crippen MR) is 262 cm³/mol. The lowest BCUT2D eigenvalue weighted by Crippen LogP contribution is -2.61. The first kappa shape index (κ1) is 47.5. The van der Waals surface area contributed by atoms with E-state index >= 15 is 0 Å². The lowest BCUT2D eigenvalue weighted by Gasteiger charge is -2.46. The molecule has 1 aliphatic carbocycles. The van der Waals surface area contributed by atoms with Gasteiger partial charge in [0, 0.05) is 106 Å². The number of aromatic nitrogens is 3. The first-order valence-electron chi connectivity index (χ1n) is 25.0. The van der Waals surface area contributed by atoms with Crippen LogP contribution in [0.1, 0.15) is 101 Å². The number of benzene rings is 2. The quantitative estimate of drug-likeness (QED) is 0.132. The SMILES string of the molecule is C#Cc1ccc(CNC(=O)[C@@H]2C[C@@H](O)CN2C(=O)[C@@H](NC(=O)N2CCN(C[C@H]3CC[C@@H](N4CCC(N5CCc6[nH]c7nnc(-c8ccccc8O)cc7c6[C@H]5C)CC4)CC3)CC2)C(C)(C)C)cc1. The Morgan fingerprint density at radius 3 is 2.32 bits per heavy atom. The number of aromatic amines is 1. The van der Waals surface area contributed by atoms with E-state index in [0.29, 0.717) is 42.3 Å². The molecule has 0 radical (unpaired) electrons. The fourth-order valence-corrected chi connectivity index (χ4v) is 11.8. The minimum absolute atomic E-state index is 0.0315. The molecule has 4 fully saturated rings. The number of para-hydroxylation sites is 1. The van der Waals surface area contributed by atoms with Crippen molar-refractivity contribution < 1.29 is 24.6 Å². The summed E-state index contributed by atoms with van der Waals surface area (Å²) in [6.07, 6.45) is 13.0. The fourth-order valence-electron chi connectivity index (χ4n) is 11.8. The van der Waals surface area contributed by atoms with E-state index < -0.39 is 23.6 Å². The third-order valence-corrected chi connectivity index (χ3v) is 15.7. The molecule has 4 amide bonds. The van der Waals surface area contributed by atoms with Crippen LogP contribution in [0.25, 0.3) is 22.3 Å². The van der Waals surface area contributed by atoms with Crippen LogP contribution in [0.5, 0.6) is 5.75 Å². The number of fused-ring (bicyclic) bond motifs is 3. The minimum Gasteiger partial charge on any atom is -0.507 e. The number of nitrogens with one attached hydrogen (secondary N) is 3. The number of rotatable bonds is 10. The molecule has 9 rings (SSSR count). The molecule has 15 nitrogen and oxygen atoms in total. The molecule has 68 heavy (non-hydrogen) atoms. The molecule has 362 valence electrons. The lowest BCUT2D eigenvalue weighted by molar-refractivity contribution is -0.142. The van der Waals surface area contributed by atoms with E-state index in [0.717, 1.165) is 67.8 Å². The van der Waals surface area contributed by atoms with Gasteiger partial charge in [-0.2, -0.15) is 0 Å². The Morgan fingerprint density at radius 1 is 0.912 bits per heavy atom. The summed E-state index contributed by atoms with van der Waals surface area (Å²) in [4.78, 5) is 56.2. The van der Waals surface area contributed by atoms with E-state index in [-0.39, 0.29) is 49.1 Å². The second-order valence-electron chi connectivity index (χ2n) is 21.1. The molecule has 4 aliphatic heterocycles. The molecule has 5 N–H and O–H groups in total. The molecule has 15 heteroatoms. The first-order chi connectivity index (χ1) is 32.7. The lowest BCUT2D eigenvalue weighted by atomic mass is 9.84. The number of phenols is 1. The van der Waals surface area contributed by atoms with Crippen LogP contribution in [-0.4, -0.2) is 157 Å². The number of urea groups is 1. The number of carbonyl (C=O) groups excluding carboxylic acids is 3. The van der Waals surface area contributed by atoms with Crippen molar-refractivity contribution in [3.8, 4) is 29.4 Å². The molecule has 3 saturated heterocycles. The maximum Gasteiger partial charge on any atom is 0.318 e. The Kier molecular flexibility index (Phi) is 14.1. The van der Waals surface area contributed by atoms with Crippen molar-refractivity contribution in [1.82, 2.24) is 50.3 Å². The van der Waals surface area contributed by atoms with Gasteiger partial charge < -0.3 is 40.5 Å². The van der Waals surface area contributed by atoms with E-state index in [4.69, 9.17) is 6.42 Å². The van der Waals surface area contributed by atoms with Gasteiger partial charge in [0.05, 0.1) is 11.8 Å². The van der Waals surface area contributed by atoms with Crippen LogP contribution < -0.4 is 10.6 Å². The van der Waals surface area contributed by atoms with Gasteiger partial charge in [0.1, 0.15) is 17.8 Å². The maximum absolute atomic E-state index is 14.2. The van der Waals surface area contributed by atoms with E-state index in [2.05, 4.69) is 59.4 Å². The number of aromatic hydroxyl groups is 1. The summed E-state index contributed by atoms with van der Waals surface area (Å²) in [5, 5.41) is 37.2. The molecule has 6 heterocycles. The number of phenolic OH excluding ortho intramolecular Hbond substituents is 1. The van der Waals surface area contributed by atoms with Crippen LogP contribution >= 0.6 is 0 Å². The number of hydrogen-bond acceptors (Lipinski definition) is 10. The van der Waals surface area contributed by atoms with Crippen LogP contribution in [0.3, 0.4) is 0 Å². The zero-order valence-electron chi connectivity index (χ0n) is 40.3. The average Bonchev–Trinajstić information content (AvgIpc) is 3.93. The fraction of sp³-hybridized carbons (Fsp3) is 0.566. The monoisotopic (exact) mass is 927 g/mol. The number of β-amino-alcohol motifs (C(OH)–C–C–N with tert-alkyl or cyclic N) is 1. The number of carbonyl (C=O) groups is 3. The molecule has 1 saturated carbocycles. The van der Waals surface area contributed by atoms with Crippen molar-refractivity contribution in [2.24, 2.45) is 11.3 Å². The second kappa shape index (κ2) is 20.2. The standard InChI is InChI=1S/C53H70N10O5/c1-6-35-11-13-36(14-12-35)31-54-50(66)45-29-40(64)33-63(45)51(67)48(53(3,4)5)56-52(68)61-27-25-59(26-28-61)32-37-15-17-38(18-16-37)60-22-19-39(20-23-60)62-24-21-43-47(34(62)2)42-30-44(57-58-49(42)55-43)41-9-7-8-10-46(41)65/h1,7-14,30,34,37-40,45,48,64-65H,15-29,31-33H2,2-5H3,(H,54,66)(H,55,58)(H,56,68)/t34-,37-,38+,40-,45+,48-/m1/s1. The van der Waals surface area contributed by atoms with Gasteiger partial charge in [-0.15, -0.1) is 16.6 Å². The summed E-state index contributed by atoms with van der Waals surface area (Å²) in [7, 11) is 0. The third kappa shape index (κ3) is 10.2. The van der Waals surface area contributed by atoms with Crippen LogP contribution in [-0.2, 0) is 22.6 Å². The highest BCUT2D eigenvalue weighted by Crippen LogP contribution is 2.40. The molecule has 0 spiro atoms. The van der Waals surface area contributed by atoms with E-state index in [1.54, 1.807) is 6.07 Å². The molecule has 2 aromatic heterocycles. The normalized spacial score (nSPS) is 24.9. The Labute approximate surface area is 401 Å². The van der Waals surface area contributed by atoms with E-state index in [1.165, 1.54) is 54.7 Å². The maximum atomic E-state index is 14.2. The third-order valence-electron chi connectivity index (χ3n) is 15.7. The Balaban J connectivity index is 0.712. The molecule has 4 aromatic rings. The predicted octanol–water partition coefficient (Wildman–Crippen LogP) is 5.27. The van der Waals surface area contributed by atoms with Crippen LogP contribution in [0.4, 0.5) is 4.79 Å². The zero-order valence-corrected chi connectivity index (χ0v) is 40.3. The number of piperazine rings is 1. The van der Waals surface area contributed by atoms with E-state index in [1.807, 2.05) is 68.1 Å². The number of likely N-dealkylation sites (tertiary alicyclic amines) is 2. The molecule has 0 unspecified atom stereocenters. The van der Waals surface area contributed by atoms with Gasteiger partial charge in [0.15, 0.2) is 5.65 Å². The average molecular weight is 927 g/mol. The topological polar surface area (TPSA) is 173 Å². The van der Waals surface area contributed by atoms with Crippen molar-refractivity contribution in [3.63, 3.8) is 0 Å². The van der Waals surface area contributed by atoms with Gasteiger partial charge in [0.25, 0.3) is 0 Å². The molecular weight excluding hydrogens is 857 g/mol. The molecular formula is C53H70N10O5. The molecule has 5 aliphatic rings. The Hall–Kier alpha value is -5.53. The van der Waals surface area contributed by atoms with Crippen LogP contribution in [0.2, 0.25) is 0 Å². The number of aliphatic hydroxyl groups excluding tert-OH is 1. The highest BCUT2D eigenvalue weighted by molar-refractivity contribution is 5.93. The smallest absolute Gasteiger partial charge is 0.318 e. The van der Waals surface area contributed by atoms with Crippen molar-refractivity contribution in [2.45, 2.75) is 122 Å². The summed E-state index contributed by atoms with van der Waals surface area (Å²) in [5.41, 5.74) is 5.77. The zero-order chi connectivity index (χ0) is 47.7. The largest absolute Gasteiger partial charge is 0.507 e. The highest BCUT2D eigenvalue weighted by Gasteiger charge is 2.45. The Morgan fingerprint density at radius 2 is 1.63 bits per heavy atom. The van der Waals surface area contributed by atoms with Gasteiger partial charge >= 0.3 is 6.03 Å². The van der Waals surface area contributed by atoms with Crippen molar-refractivity contribution in [2.75, 3.05) is 58.9 Å². The van der Waals surface area contributed by atoms with Crippen LogP contribution in [0, 0.1) is 23.7 Å². The van der Waals surface area contributed by atoms with Gasteiger partial charge in [-0.1, -0.05) is 51.0 Å². The van der Waals surface area contributed by atoms with Crippen molar-refractivity contribution in [1.29, 1.82) is 0 Å². The number of nitrogens with zero attached hydrogens (tertiary/aromatic N) is 7. The minimum atomic E-state index is -0.879. The molecule has 2 aromatic carbocycles. The number of hydrogen-bond donors (Lipinski definition) is 5. The van der Waals surface area contributed by atoms with Crippen LogP contribution in [0.15, 0.2) is 54.6 Å². The summed E-state index contributed by atoms with van der Waals surface area (Å²) in [5.74, 6) is 2.74. The number of piperidine rings is 1. The number of aliphatic hydroxyl groups is 1. The number of amides is 4. The summed E-state index contributed by atoms with van der Waals surface area (Å²) in [6, 6.07) is 16.2. The molecule has 0 bridgehead atoms. The summed E-state index contributed by atoms with van der Waals surface area (Å²) >= 11 is 0.